The van der Waals surface area contributed by atoms with Crippen molar-refractivity contribution in [2.75, 3.05) is 14.2 Å². The molecule has 7 nitrogen and oxygen atoms in total. The van der Waals surface area contributed by atoms with E-state index in [2.05, 4.69) is 26.4 Å². The maximum atomic E-state index is 11.9. The summed E-state index contributed by atoms with van der Waals surface area (Å²) in [6.07, 6.45) is 0. The average Bonchev–Trinajstić information content (AvgIpc) is 3.28. The lowest BCUT2D eigenvalue weighted by Crippen LogP contribution is -2.22. The predicted octanol–water partition coefficient (Wildman–Crippen LogP) is 3.64. The summed E-state index contributed by atoms with van der Waals surface area (Å²) in [6, 6.07) is 10.4. The van der Waals surface area contributed by atoms with Crippen LogP contribution in [0.15, 0.2) is 50.0 Å². The van der Waals surface area contributed by atoms with Crippen molar-refractivity contribution < 1.29 is 23.2 Å². The summed E-state index contributed by atoms with van der Waals surface area (Å²) < 4.78 is 21.5. The van der Waals surface area contributed by atoms with E-state index in [1.807, 2.05) is 6.07 Å². The smallest absolute Gasteiger partial charge is 0.287 e. The predicted molar refractivity (Wildman–Crippen MR) is 92.6 cm³/mol. The number of ether oxygens (including phenoxy) is 2. The highest BCUT2D eigenvalue weighted by Crippen LogP contribution is 2.32. The van der Waals surface area contributed by atoms with Gasteiger partial charge in [-0.25, -0.2) is 0 Å². The highest BCUT2D eigenvalue weighted by molar-refractivity contribution is 9.10. The molecule has 0 unspecified atom stereocenters. The van der Waals surface area contributed by atoms with Crippen LogP contribution in [-0.4, -0.2) is 25.3 Å². The first-order valence-corrected chi connectivity index (χ1v) is 8.11. The lowest BCUT2D eigenvalue weighted by molar-refractivity contribution is 0.0921. The van der Waals surface area contributed by atoms with Crippen molar-refractivity contribution in [3.63, 3.8) is 0 Å². The average molecular weight is 407 g/mol. The Bertz CT molecular complexity index is 887. The molecule has 0 aliphatic heterocycles. The fourth-order valence-corrected chi connectivity index (χ4v) is 2.52. The Morgan fingerprint density at radius 3 is 2.64 bits per heavy atom. The largest absolute Gasteiger partial charge is 0.493 e. The number of carbonyl (C=O) groups is 1. The van der Waals surface area contributed by atoms with Gasteiger partial charge in [0.1, 0.15) is 5.69 Å². The number of nitrogens with one attached hydrogen (secondary N) is 1. The minimum Gasteiger partial charge on any atom is -0.493 e. The molecule has 130 valence electrons. The van der Waals surface area contributed by atoms with E-state index in [9.17, 15) is 4.79 Å². The lowest BCUT2D eigenvalue weighted by atomic mass is 10.1. The van der Waals surface area contributed by atoms with Crippen molar-refractivity contribution in [3.05, 3.63) is 52.5 Å². The molecule has 0 fully saturated rings. The number of rotatable bonds is 6. The number of carbonyl (C=O) groups excluding carboxylic acids is 1. The molecule has 0 spiro atoms. The third kappa shape index (κ3) is 3.85. The van der Waals surface area contributed by atoms with Gasteiger partial charge < -0.3 is 23.7 Å². The third-order valence-corrected chi connectivity index (χ3v) is 3.88. The van der Waals surface area contributed by atoms with Crippen LogP contribution in [0, 0.1) is 0 Å². The van der Waals surface area contributed by atoms with Gasteiger partial charge in [-0.2, -0.15) is 0 Å². The highest BCUT2D eigenvalue weighted by atomic mass is 79.9. The van der Waals surface area contributed by atoms with Gasteiger partial charge in [0.2, 0.25) is 0 Å². The number of amides is 1. The second-order valence-corrected chi connectivity index (χ2v) is 5.82. The minimum atomic E-state index is -0.332. The Hall–Kier alpha value is -2.74. The SMILES string of the molecule is COc1ccc(-c2cc(CNC(=O)c3ccc(Br)o3)no2)cc1OC. The van der Waals surface area contributed by atoms with Crippen molar-refractivity contribution in [2.24, 2.45) is 0 Å². The molecule has 2 aromatic heterocycles. The summed E-state index contributed by atoms with van der Waals surface area (Å²) in [5.74, 6) is 1.67. The summed E-state index contributed by atoms with van der Waals surface area (Å²) in [5.41, 5.74) is 1.38. The van der Waals surface area contributed by atoms with Gasteiger partial charge in [-0.3, -0.25) is 4.79 Å². The van der Waals surface area contributed by atoms with Crippen LogP contribution < -0.4 is 14.8 Å². The second-order valence-electron chi connectivity index (χ2n) is 5.04. The zero-order chi connectivity index (χ0) is 17.8. The molecule has 0 atom stereocenters. The Balaban J connectivity index is 1.69. The Labute approximate surface area is 152 Å². The number of halogens is 1. The Morgan fingerprint density at radius 2 is 1.96 bits per heavy atom. The van der Waals surface area contributed by atoms with E-state index < -0.39 is 0 Å². The molecule has 3 rings (SSSR count). The minimum absolute atomic E-state index is 0.216. The highest BCUT2D eigenvalue weighted by Gasteiger charge is 2.13. The monoisotopic (exact) mass is 406 g/mol. The molecule has 0 aliphatic carbocycles. The van der Waals surface area contributed by atoms with Gasteiger partial charge in [0.15, 0.2) is 27.7 Å². The quantitative estimate of drug-likeness (QED) is 0.672. The van der Waals surface area contributed by atoms with Crippen molar-refractivity contribution in [1.29, 1.82) is 0 Å². The van der Waals surface area contributed by atoms with Gasteiger partial charge in [-0.1, -0.05) is 5.16 Å². The molecule has 0 bridgehead atoms. The van der Waals surface area contributed by atoms with Gasteiger partial charge in [0, 0.05) is 11.6 Å². The van der Waals surface area contributed by atoms with Crippen LogP contribution in [0.25, 0.3) is 11.3 Å². The van der Waals surface area contributed by atoms with Crippen LogP contribution in [0.1, 0.15) is 16.2 Å². The van der Waals surface area contributed by atoms with Gasteiger partial charge in [0.25, 0.3) is 5.91 Å². The summed E-state index contributed by atoms with van der Waals surface area (Å²) in [4.78, 5) is 11.9. The number of nitrogens with zero attached hydrogens (tertiary/aromatic N) is 1. The van der Waals surface area contributed by atoms with Crippen molar-refractivity contribution in [1.82, 2.24) is 10.5 Å². The normalized spacial score (nSPS) is 10.5. The molecular weight excluding hydrogens is 392 g/mol. The standard InChI is InChI=1S/C17H15BrN2O5/c1-22-12-4-3-10(7-15(12)23-2)14-8-11(20-25-14)9-19-17(21)13-5-6-16(18)24-13/h3-8H,9H2,1-2H3,(H,19,21). The zero-order valence-corrected chi connectivity index (χ0v) is 15.1. The van der Waals surface area contributed by atoms with E-state index in [1.165, 1.54) is 0 Å². The molecular formula is C17H15BrN2O5. The van der Waals surface area contributed by atoms with E-state index in [1.54, 1.807) is 44.6 Å². The van der Waals surface area contributed by atoms with Gasteiger partial charge in [0.05, 0.1) is 20.8 Å². The molecule has 3 aromatic rings. The molecule has 2 heterocycles. The van der Waals surface area contributed by atoms with E-state index in [-0.39, 0.29) is 18.2 Å². The third-order valence-electron chi connectivity index (χ3n) is 3.45. The van der Waals surface area contributed by atoms with E-state index in [0.717, 1.165) is 5.56 Å². The topological polar surface area (TPSA) is 86.7 Å². The number of methoxy groups -OCH3 is 2. The van der Waals surface area contributed by atoms with Crippen LogP contribution >= 0.6 is 15.9 Å². The Morgan fingerprint density at radius 1 is 1.16 bits per heavy atom. The van der Waals surface area contributed by atoms with E-state index >= 15 is 0 Å². The maximum Gasteiger partial charge on any atom is 0.287 e. The number of aromatic nitrogens is 1. The van der Waals surface area contributed by atoms with Gasteiger partial charge in [-0.05, 0) is 46.3 Å². The number of hydrogen-bond donors (Lipinski definition) is 1. The molecule has 0 saturated carbocycles. The first-order chi connectivity index (χ1) is 12.1. The molecule has 8 heteroatoms. The molecule has 0 aliphatic rings. The fourth-order valence-electron chi connectivity index (χ4n) is 2.21. The van der Waals surface area contributed by atoms with Crippen LogP contribution in [0.3, 0.4) is 0 Å². The Kier molecular flexibility index (Phi) is 5.08. The van der Waals surface area contributed by atoms with Gasteiger partial charge in [-0.15, -0.1) is 0 Å². The van der Waals surface area contributed by atoms with Crippen LogP contribution in [0.5, 0.6) is 11.5 Å². The molecule has 1 N–H and O–H groups in total. The van der Waals surface area contributed by atoms with Crippen molar-refractivity contribution >= 4 is 21.8 Å². The number of benzene rings is 1. The van der Waals surface area contributed by atoms with Crippen LogP contribution in [0.2, 0.25) is 0 Å². The molecule has 1 amide bonds. The van der Waals surface area contributed by atoms with Crippen LogP contribution in [-0.2, 0) is 6.54 Å². The van der Waals surface area contributed by atoms with Crippen molar-refractivity contribution in [2.45, 2.75) is 6.54 Å². The van der Waals surface area contributed by atoms with E-state index in [4.69, 9.17) is 18.4 Å². The molecule has 1 aromatic carbocycles. The van der Waals surface area contributed by atoms with E-state index in [0.29, 0.717) is 27.6 Å². The zero-order valence-electron chi connectivity index (χ0n) is 13.5. The summed E-state index contributed by atoms with van der Waals surface area (Å²) >= 11 is 3.15. The molecule has 0 saturated heterocycles. The summed E-state index contributed by atoms with van der Waals surface area (Å²) in [5, 5.41) is 6.67. The fraction of sp³-hybridized carbons (Fsp3) is 0.176. The first kappa shape index (κ1) is 17.1. The summed E-state index contributed by atoms with van der Waals surface area (Å²) in [7, 11) is 3.14. The first-order valence-electron chi connectivity index (χ1n) is 7.32. The molecule has 0 radical (unpaired) electrons. The van der Waals surface area contributed by atoms with Crippen molar-refractivity contribution in [3.8, 4) is 22.8 Å². The molecule has 25 heavy (non-hydrogen) atoms. The second kappa shape index (κ2) is 7.43. The maximum absolute atomic E-state index is 11.9. The van der Waals surface area contributed by atoms with Crippen LogP contribution in [0.4, 0.5) is 0 Å². The number of hydrogen-bond acceptors (Lipinski definition) is 6. The number of furan rings is 1. The summed E-state index contributed by atoms with van der Waals surface area (Å²) in [6.45, 7) is 0.216. The van der Waals surface area contributed by atoms with Gasteiger partial charge >= 0.3 is 0 Å². The lowest BCUT2D eigenvalue weighted by Gasteiger charge is -2.07.